The summed E-state index contributed by atoms with van der Waals surface area (Å²) in [5, 5.41) is 7.62. The van der Waals surface area contributed by atoms with E-state index in [0.717, 1.165) is 24.2 Å². The lowest BCUT2D eigenvalue weighted by molar-refractivity contribution is 0.570. The fraction of sp³-hybridized carbons (Fsp3) is 0.357. The summed E-state index contributed by atoms with van der Waals surface area (Å²) in [5.41, 5.74) is 2.24. The van der Waals surface area contributed by atoms with E-state index in [-0.39, 0.29) is 11.9 Å². The van der Waals surface area contributed by atoms with Crippen molar-refractivity contribution >= 4 is 0 Å². The van der Waals surface area contributed by atoms with Gasteiger partial charge >= 0.3 is 0 Å². The van der Waals surface area contributed by atoms with Gasteiger partial charge in [0.25, 0.3) is 0 Å². The minimum absolute atomic E-state index is 0.190. The molecule has 0 saturated carbocycles. The van der Waals surface area contributed by atoms with E-state index >= 15 is 0 Å². The Kier molecular flexibility index (Phi) is 4.10. The number of nitrogens with one attached hydrogen (secondary N) is 1. The summed E-state index contributed by atoms with van der Waals surface area (Å²) in [7, 11) is 0. The quantitative estimate of drug-likeness (QED) is 0.880. The van der Waals surface area contributed by atoms with Crippen LogP contribution in [0.25, 0.3) is 0 Å². The molecule has 0 aliphatic heterocycles. The van der Waals surface area contributed by atoms with Gasteiger partial charge in [-0.25, -0.2) is 4.39 Å². The van der Waals surface area contributed by atoms with Gasteiger partial charge in [-0.1, -0.05) is 12.1 Å². The number of nitrogens with zero attached hydrogens (tertiary/aromatic N) is 2. The van der Waals surface area contributed by atoms with Gasteiger partial charge in [-0.2, -0.15) is 5.10 Å². The van der Waals surface area contributed by atoms with E-state index in [1.54, 1.807) is 0 Å². The van der Waals surface area contributed by atoms with Crippen LogP contribution in [0.4, 0.5) is 4.39 Å². The van der Waals surface area contributed by atoms with Crippen molar-refractivity contribution in [3.63, 3.8) is 0 Å². The second-order valence-corrected chi connectivity index (χ2v) is 4.36. The van der Waals surface area contributed by atoms with Crippen molar-refractivity contribution in [2.24, 2.45) is 0 Å². The molecule has 18 heavy (non-hydrogen) atoms. The fourth-order valence-electron chi connectivity index (χ4n) is 1.81. The third-order valence-corrected chi connectivity index (χ3v) is 2.99. The molecule has 96 valence electrons. The Labute approximate surface area is 107 Å². The molecule has 0 radical (unpaired) electrons. The van der Waals surface area contributed by atoms with Gasteiger partial charge in [-0.05, 0) is 31.5 Å². The summed E-state index contributed by atoms with van der Waals surface area (Å²) >= 11 is 0. The maximum atomic E-state index is 12.8. The van der Waals surface area contributed by atoms with Crippen molar-refractivity contribution in [3.8, 4) is 0 Å². The zero-order valence-electron chi connectivity index (χ0n) is 10.7. The largest absolute Gasteiger partial charge is 0.306 e. The first-order valence-corrected chi connectivity index (χ1v) is 6.19. The summed E-state index contributed by atoms with van der Waals surface area (Å²) in [4.78, 5) is 0. The number of aromatic nitrogens is 2. The van der Waals surface area contributed by atoms with Crippen molar-refractivity contribution in [3.05, 3.63) is 53.6 Å². The van der Waals surface area contributed by atoms with Crippen molar-refractivity contribution in [2.75, 3.05) is 0 Å². The second kappa shape index (κ2) is 5.78. The highest BCUT2D eigenvalue weighted by molar-refractivity contribution is 5.19. The van der Waals surface area contributed by atoms with E-state index in [1.165, 1.54) is 12.1 Å². The van der Waals surface area contributed by atoms with E-state index in [9.17, 15) is 4.39 Å². The smallest absolute Gasteiger partial charge is 0.123 e. The molecule has 1 aromatic heterocycles. The zero-order valence-corrected chi connectivity index (χ0v) is 10.7. The zero-order chi connectivity index (χ0) is 13.0. The van der Waals surface area contributed by atoms with E-state index in [0.29, 0.717) is 0 Å². The number of hydrogen-bond acceptors (Lipinski definition) is 2. The number of rotatable bonds is 5. The van der Waals surface area contributed by atoms with Gasteiger partial charge in [0.15, 0.2) is 0 Å². The molecule has 2 rings (SSSR count). The SMILES string of the molecule is CCn1cc(CNC(C)c2ccc(F)cc2)cn1. The molecule has 1 atom stereocenters. The first kappa shape index (κ1) is 12.8. The third-order valence-electron chi connectivity index (χ3n) is 2.99. The van der Waals surface area contributed by atoms with Gasteiger partial charge in [0.05, 0.1) is 6.20 Å². The highest BCUT2D eigenvalue weighted by Gasteiger charge is 2.05. The molecule has 0 aliphatic carbocycles. The molecule has 0 aliphatic rings. The molecule has 0 spiro atoms. The molecular formula is C14H18FN3. The first-order valence-electron chi connectivity index (χ1n) is 6.19. The van der Waals surface area contributed by atoms with E-state index < -0.39 is 0 Å². The average Bonchev–Trinajstić information content (AvgIpc) is 2.85. The number of aryl methyl sites for hydroxylation is 1. The second-order valence-electron chi connectivity index (χ2n) is 4.36. The molecule has 0 bridgehead atoms. The van der Waals surface area contributed by atoms with Gasteiger partial charge < -0.3 is 5.32 Å². The van der Waals surface area contributed by atoms with Crippen LogP contribution < -0.4 is 5.32 Å². The van der Waals surface area contributed by atoms with Crippen LogP contribution in [0, 0.1) is 5.82 Å². The first-order chi connectivity index (χ1) is 8.69. The molecule has 0 saturated heterocycles. The topological polar surface area (TPSA) is 29.9 Å². The third kappa shape index (κ3) is 3.17. The summed E-state index contributed by atoms with van der Waals surface area (Å²) in [6.45, 7) is 5.77. The lowest BCUT2D eigenvalue weighted by atomic mass is 10.1. The molecule has 4 heteroatoms. The Morgan fingerprint density at radius 3 is 2.67 bits per heavy atom. The molecule has 2 aromatic rings. The Bertz CT molecular complexity index is 490. The summed E-state index contributed by atoms with van der Waals surface area (Å²) in [5.74, 6) is -0.199. The molecule has 0 amide bonds. The summed E-state index contributed by atoms with van der Waals surface area (Å²) in [6, 6.07) is 6.78. The van der Waals surface area contributed by atoms with Gasteiger partial charge in [-0.3, -0.25) is 4.68 Å². The van der Waals surface area contributed by atoms with Crippen LogP contribution in [-0.2, 0) is 13.1 Å². The Morgan fingerprint density at radius 1 is 1.33 bits per heavy atom. The van der Waals surface area contributed by atoms with Gasteiger partial charge in [0.2, 0.25) is 0 Å². The van der Waals surface area contributed by atoms with Crippen LogP contribution in [0.5, 0.6) is 0 Å². The molecule has 1 heterocycles. The highest BCUT2D eigenvalue weighted by Crippen LogP contribution is 2.13. The fourth-order valence-corrected chi connectivity index (χ4v) is 1.81. The lowest BCUT2D eigenvalue weighted by Gasteiger charge is -2.13. The minimum atomic E-state index is -0.199. The molecule has 1 unspecified atom stereocenters. The van der Waals surface area contributed by atoms with Crippen LogP contribution in [0.3, 0.4) is 0 Å². The maximum absolute atomic E-state index is 12.8. The molecule has 1 aromatic carbocycles. The van der Waals surface area contributed by atoms with E-state index in [2.05, 4.69) is 24.3 Å². The lowest BCUT2D eigenvalue weighted by Crippen LogP contribution is -2.17. The normalized spacial score (nSPS) is 12.6. The average molecular weight is 247 g/mol. The minimum Gasteiger partial charge on any atom is -0.306 e. The van der Waals surface area contributed by atoms with Crippen molar-refractivity contribution < 1.29 is 4.39 Å². The Hall–Kier alpha value is -1.68. The van der Waals surface area contributed by atoms with Crippen molar-refractivity contribution in [2.45, 2.75) is 33.0 Å². The van der Waals surface area contributed by atoms with Crippen LogP contribution in [0.2, 0.25) is 0 Å². The Morgan fingerprint density at radius 2 is 2.06 bits per heavy atom. The number of hydrogen-bond donors (Lipinski definition) is 1. The highest BCUT2D eigenvalue weighted by atomic mass is 19.1. The van der Waals surface area contributed by atoms with E-state index in [4.69, 9.17) is 0 Å². The predicted octanol–water partition coefficient (Wildman–Crippen LogP) is 2.89. The van der Waals surface area contributed by atoms with Crippen molar-refractivity contribution in [1.82, 2.24) is 15.1 Å². The van der Waals surface area contributed by atoms with Gasteiger partial charge in [0.1, 0.15) is 5.82 Å². The molecule has 0 fully saturated rings. The number of halogens is 1. The Balaban J connectivity index is 1.91. The predicted molar refractivity (Wildman–Crippen MR) is 69.6 cm³/mol. The molecule has 3 nitrogen and oxygen atoms in total. The summed E-state index contributed by atoms with van der Waals surface area (Å²) < 4.78 is 14.7. The maximum Gasteiger partial charge on any atom is 0.123 e. The van der Waals surface area contributed by atoms with E-state index in [1.807, 2.05) is 29.2 Å². The number of benzene rings is 1. The monoisotopic (exact) mass is 247 g/mol. The molecular weight excluding hydrogens is 229 g/mol. The molecule has 1 N–H and O–H groups in total. The van der Waals surface area contributed by atoms with Gasteiger partial charge in [0, 0.05) is 30.9 Å². The van der Waals surface area contributed by atoms with Crippen molar-refractivity contribution in [1.29, 1.82) is 0 Å². The summed E-state index contributed by atoms with van der Waals surface area (Å²) in [6.07, 6.45) is 3.90. The van der Waals surface area contributed by atoms with Crippen LogP contribution in [-0.4, -0.2) is 9.78 Å². The standard InChI is InChI=1S/C14H18FN3/c1-3-18-10-12(9-17-18)8-16-11(2)13-4-6-14(15)7-5-13/h4-7,9-11,16H,3,8H2,1-2H3. The van der Waals surface area contributed by atoms with Crippen LogP contribution in [0.1, 0.15) is 31.0 Å². The van der Waals surface area contributed by atoms with Crippen LogP contribution in [0.15, 0.2) is 36.7 Å². The van der Waals surface area contributed by atoms with Crippen LogP contribution >= 0.6 is 0 Å². The van der Waals surface area contributed by atoms with Gasteiger partial charge in [-0.15, -0.1) is 0 Å².